The van der Waals surface area contributed by atoms with E-state index in [-0.39, 0.29) is 12.3 Å². The Bertz CT molecular complexity index is 228. The number of nitrogens with one attached hydrogen (secondary N) is 2. The molecular formula is C6H10N4S2. The summed E-state index contributed by atoms with van der Waals surface area (Å²) in [4.78, 5) is 0. The second-order valence-corrected chi connectivity index (χ2v) is 3.71. The van der Waals surface area contributed by atoms with E-state index in [0.717, 1.165) is 10.2 Å². The van der Waals surface area contributed by atoms with Gasteiger partial charge in [-0.3, -0.25) is 0 Å². The van der Waals surface area contributed by atoms with E-state index in [1.54, 1.807) is 0 Å². The lowest BCUT2D eigenvalue weighted by Gasteiger charge is -2.22. The lowest BCUT2D eigenvalue weighted by Crippen LogP contribution is -2.39. The van der Waals surface area contributed by atoms with Crippen LogP contribution in [0.25, 0.3) is 0 Å². The molecule has 2 heterocycles. The average Bonchev–Trinajstić information content (AvgIpc) is 2.38. The van der Waals surface area contributed by atoms with Crippen LogP contribution >= 0.6 is 24.4 Å². The largest absolute Gasteiger partial charge is 0.340 e. The summed E-state index contributed by atoms with van der Waals surface area (Å²) in [6.45, 7) is 4.05. The maximum Gasteiger partial charge on any atom is 0.191 e. The van der Waals surface area contributed by atoms with Gasteiger partial charge in [0.25, 0.3) is 0 Å². The summed E-state index contributed by atoms with van der Waals surface area (Å²) in [5.41, 5.74) is 0. The number of nitrogens with zero attached hydrogens (tertiary/aromatic N) is 2. The molecule has 0 aromatic heterocycles. The molecule has 4 nitrogen and oxygen atoms in total. The Morgan fingerprint density at radius 3 is 1.67 bits per heavy atom. The molecule has 66 valence electrons. The fraction of sp³-hybridized carbons (Fsp3) is 0.667. The molecule has 0 aromatic rings. The molecular weight excluding hydrogens is 192 g/mol. The SMILES string of the molecule is C[C@H]1NC(=S)N2[C@@H](C)NC(=S)N12. The van der Waals surface area contributed by atoms with Crippen molar-refractivity contribution in [1.82, 2.24) is 20.7 Å². The van der Waals surface area contributed by atoms with Crippen LogP contribution in [-0.4, -0.2) is 32.6 Å². The first-order valence-electron chi connectivity index (χ1n) is 3.80. The van der Waals surface area contributed by atoms with E-state index in [2.05, 4.69) is 10.6 Å². The Kier molecular flexibility index (Phi) is 1.62. The number of hydrogen-bond donors (Lipinski definition) is 2. The molecule has 0 saturated carbocycles. The summed E-state index contributed by atoms with van der Waals surface area (Å²) >= 11 is 10.3. The molecule has 2 aliphatic heterocycles. The fourth-order valence-electron chi connectivity index (χ4n) is 1.53. The minimum absolute atomic E-state index is 0.169. The van der Waals surface area contributed by atoms with E-state index < -0.39 is 0 Å². The van der Waals surface area contributed by atoms with Crippen LogP contribution in [0, 0.1) is 0 Å². The zero-order valence-corrected chi connectivity index (χ0v) is 8.50. The Morgan fingerprint density at radius 1 is 1.00 bits per heavy atom. The van der Waals surface area contributed by atoms with Crippen molar-refractivity contribution < 1.29 is 0 Å². The first-order chi connectivity index (χ1) is 5.61. The highest BCUT2D eigenvalue weighted by atomic mass is 32.1. The summed E-state index contributed by atoms with van der Waals surface area (Å²) in [5, 5.41) is 11.7. The molecule has 0 aliphatic carbocycles. The van der Waals surface area contributed by atoms with Gasteiger partial charge in [0.1, 0.15) is 12.3 Å². The van der Waals surface area contributed by atoms with Crippen molar-refractivity contribution in [2.24, 2.45) is 0 Å². The van der Waals surface area contributed by atoms with Crippen molar-refractivity contribution in [2.45, 2.75) is 26.2 Å². The van der Waals surface area contributed by atoms with E-state index in [4.69, 9.17) is 24.4 Å². The van der Waals surface area contributed by atoms with Gasteiger partial charge in [-0.05, 0) is 38.3 Å². The molecule has 2 saturated heterocycles. The van der Waals surface area contributed by atoms with Crippen molar-refractivity contribution in [3.8, 4) is 0 Å². The zero-order chi connectivity index (χ0) is 8.88. The van der Waals surface area contributed by atoms with E-state index in [1.807, 2.05) is 23.9 Å². The van der Waals surface area contributed by atoms with Crippen molar-refractivity contribution in [1.29, 1.82) is 0 Å². The molecule has 2 N–H and O–H groups in total. The summed E-state index contributed by atoms with van der Waals surface area (Å²) in [7, 11) is 0. The van der Waals surface area contributed by atoms with Gasteiger partial charge in [-0.15, -0.1) is 0 Å². The molecule has 2 atom stereocenters. The standard InChI is InChI=1S/C6H10N4S2/c1-3-7-5(11)10-4(2)8-6(12)9(3)10/h3-4H,1-2H3,(H,7,11)(H,8,12)/t3-,4-/m0/s1. The smallest absolute Gasteiger partial charge is 0.191 e. The van der Waals surface area contributed by atoms with Gasteiger partial charge in [0.05, 0.1) is 0 Å². The third-order valence-corrected chi connectivity index (χ3v) is 2.66. The molecule has 12 heavy (non-hydrogen) atoms. The molecule has 0 unspecified atom stereocenters. The number of hydrazine groups is 1. The van der Waals surface area contributed by atoms with Gasteiger partial charge in [-0.2, -0.15) is 0 Å². The minimum Gasteiger partial charge on any atom is -0.340 e. The summed E-state index contributed by atoms with van der Waals surface area (Å²) in [6, 6.07) is 0. The maximum absolute atomic E-state index is 5.14. The highest BCUT2D eigenvalue weighted by Crippen LogP contribution is 2.20. The predicted molar refractivity (Wildman–Crippen MR) is 54.1 cm³/mol. The Labute approximate surface area is 81.9 Å². The molecule has 6 heteroatoms. The van der Waals surface area contributed by atoms with Gasteiger partial charge in [-0.1, -0.05) is 0 Å². The molecule has 2 aliphatic rings. The van der Waals surface area contributed by atoms with Crippen LogP contribution in [0.1, 0.15) is 13.8 Å². The van der Waals surface area contributed by atoms with Crippen LogP contribution in [0.4, 0.5) is 0 Å². The van der Waals surface area contributed by atoms with Crippen molar-refractivity contribution in [3.05, 3.63) is 0 Å². The third-order valence-electron chi connectivity index (χ3n) is 2.05. The number of rotatable bonds is 0. The lowest BCUT2D eigenvalue weighted by atomic mass is 10.5. The van der Waals surface area contributed by atoms with Gasteiger partial charge in [-0.25, -0.2) is 10.0 Å². The molecule has 0 spiro atoms. The molecule has 0 aromatic carbocycles. The van der Waals surface area contributed by atoms with Crippen LogP contribution in [0.5, 0.6) is 0 Å². The Hall–Kier alpha value is -0.620. The Morgan fingerprint density at radius 2 is 1.33 bits per heavy atom. The summed E-state index contributed by atoms with van der Waals surface area (Å²) in [5.74, 6) is 0. The van der Waals surface area contributed by atoms with Gasteiger partial charge in [0.15, 0.2) is 10.2 Å². The first-order valence-corrected chi connectivity index (χ1v) is 4.62. The number of thiocarbonyl (C=S) groups is 2. The second-order valence-electron chi connectivity index (χ2n) is 2.94. The quantitative estimate of drug-likeness (QED) is 0.537. The van der Waals surface area contributed by atoms with Crippen molar-refractivity contribution in [2.75, 3.05) is 0 Å². The third kappa shape index (κ3) is 0.879. The van der Waals surface area contributed by atoms with Crippen LogP contribution in [0.15, 0.2) is 0 Å². The normalized spacial score (nSPS) is 33.5. The second kappa shape index (κ2) is 2.43. The van der Waals surface area contributed by atoms with E-state index in [1.165, 1.54) is 0 Å². The minimum atomic E-state index is 0.169. The maximum atomic E-state index is 5.14. The van der Waals surface area contributed by atoms with Crippen LogP contribution in [0.3, 0.4) is 0 Å². The fourth-order valence-corrected chi connectivity index (χ4v) is 2.37. The van der Waals surface area contributed by atoms with Gasteiger partial charge < -0.3 is 10.6 Å². The molecule has 2 rings (SSSR count). The van der Waals surface area contributed by atoms with Gasteiger partial charge in [0, 0.05) is 0 Å². The van der Waals surface area contributed by atoms with E-state index in [9.17, 15) is 0 Å². The summed E-state index contributed by atoms with van der Waals surface area (Å²) < 4.78 is 0. The average molecular weight is 202 g/mol. The van der Waals surface area contributed by atoms with Gasteiger partial charge >= 0.3 is 0 Å². The molecule has 0 amide bonds. The lowest BCUT2D eigenvalue weighted by molar-refractivity contribution is 0.129. The van der Waals surface area contributed by atoms with E-state index >= 15 is 0 Å². The predicted octanol–water partition coefficient (Wildman–Crippen LogP) is -0.0264. The van der Waals surface area contributed by atoms with Crippen LogP contribution in [0.2, 0.25) is 0 Å². The zero-order valence-electron chi connectivity index (χ0n) is 6.87. The highest BCUT2D eigenvalue weighted by Gasteiger charge is 2.42. The van der Waals surface area contributed by atoms with Crippen molar-refractivity contribution in [3.63, 3.8) is 0 Å². The monoisotopic (exact) mass is 202 g/mol. The highest BCUT2D eigenvalue weighted by molar-refractivity contribution is 7.80. The number of hydrogen-bond acceptors (Lipinski definition) is 2. The number of fused-ring (bicyclic) bond motifs is 1. The van der Waals surface area contributed by atoms with E-state index in [0.29, 0.717) is 0 Å². The van der Waals surface area contributed by atoms with Crippen molar-refractivity contribution >= 4 is 34.7 Å². The first kappa shape index (κ1) is 8.00. The topological polar surface area (TPSA) is 30.5 Å². The van der Waals surface area contributed by atoms with Crippen LogP contribution < -0.4 is 10.6 Å². The molecule has 0 bridgehead atoms. The summed E-state index contributed by atoms with van der Waals surface area (Å²) in [6.07, 6.45) is 0.338. The Balaban J connectivity index is 2.32. The van der Waals surface area contributed by atoms with Gasteiger partial charge in [0.2, 0.25) is 0 Å². The molecule has 0 radical (unpaired) electrons. The van der Waals surface area contributed by atoms with Crippen LogP contribution in [-0.2, 0) is 0 Å². The molecule has 2 fully saturated rings.